The lowest BCUT2D eigenvalue weighted by Crippen LogP contribution is -2.11. The van der Waals surface area contributed by atoms with Crippen LogP contribution >= 0.6 is 15.9 Å². The molecule has 0 radical (unpaired) electrons. The topological polar surface area (TPSA) is 124 Å². The molecule has 0 aromatic heterocycles. The van der Waals surface area contributed by atoms with Crippen LogP contribution in [0.4, 0.5) is 0 Å². The van der Waals surface area contributed by atoms with Crippen LogP contribution in [0.5, 0.6) is 34.5 Å². The highest BCUT2D eigenvalue weighted by molar-refractivity contribution is 9.10. The van der Waals surface area contributed by atoms with Gasteiger partial charge in [-0.05, 0) is 138 Å². The summed E-state index contributed by atoms with van der Waals surface area (Å²) in [6.07, 6.45) is 19.6. The van der Waals surface area contributed by atoms with E-state index in [9.17, 15) is 19.2 Å². The summed E-state index contributed by atoms with van der Waals surface area (Å²) in [6, 6.07) is 30.1. The van der Waals surface area contributed by atoms with E-state index in [2.05, 4.69) is 29.8 Å². The Hall–Kier alpha value is -5.94. The number of rotatable bonds is 28. The molecule has 0 heterocycles. The van der Waals surface area contributed by atoms with Gasteiger partial charge in [-0.2, -0.15) is 0 Å². The van der Waals surface area contributed by atoms with Gasteiger partial charge in [-0.1, -0.05) is 104 Å². The zero-order chi connectivity index (χ0) is 46.1. The summed E-state index contributed by atoms with van der Waals surface area (Å²) in [5, 5.41) is 0. The van der Waals surface area contributed by atoms with Gasteiger partial charge in [0.1, 0.15) is 34.5 Å². The molecule has 0 saturated heterocycles. The van der Waals surface area contributed by atoms with Crippen molar-refractivity contribution in [1.82, 2.24) is 0 Å². The van der Waals surface area contributed by atoms with Gasteiger partial charge in [0.05, 0.1) is 39.9 Å². The number of carbonyl (C=O) groups excluding carboxylic acids is 4. The number of halogens is 1. The summed E-state index contributed by atoms with van der Waals surface area (Å²) < 4.78 is 34.3. The Morgan fingerprint density at radius 2 is 0.646 bits per heavy atom. The van der Waals surface area contributed by atoms with Crippen molar-refractivity contribution in [2.24, 2.45) is 0 Å². The molecule has 0 fully saturated rings. The smallest absolute Gasteiger partial charge is 0.343 e. The minimum atomic E-state index is -0.682. The Labute approximate surface area is 392 Å². The maximum atomic E-state index is 13.1. The van der Waals surface area contributed by atoms with Crippen molar-refractivity contribution in [2.45, 2.75) is 117 Å². The predicted octanol–water partition coefficient (Wildman–Crippen LogP) is 14.4. The molecule has 0 atom stereocenters. The molecule has 344 valence electrons. The average Bonchev–Trinajstić information content (AvgIpc) is 3.32. The monoisotopic (exact) mass is 948 g/mol. The summed E-state index contributed by atoms with van der Waals surface area (Å²) in [7, 11) is 0. The van der Waals surface area contributed by atoms with Crippen molar-refractivity contribution < 1.29 is 47.6 Å². The molecule has 0 saturated carbocycles. The van der Waals surface area contributed by atoms with Crippen LogP contribution in [-0.4, -0.2) is 37.1 Å². The zero-order valence-electron chi connectivity index (χ0n) is 37.7. The molecule has 0 aliphatic heterocycles. The molecule has 10 nitrogen and oxygen atoms in total. The lowest BCUT2D eigenvalue weighted by atomic mass is 10.1. The number of esters is 4. The molecule has 0 N–H and O–H groups in total. The molecule has 0 spiro atoms. The van der Waals surface area contributed by atoms with E-state index in [0.29, 0.717) is 40.3 Å². The Kier molecular flexibility index (Phi) is 21.6. The summed E-state index contributed by atoms with van der Waals surface area (Å²) in [5.74, 6) is -0.293. The molecule has 65 heavy (non-hydrogen) atoms. The van der Waals surface area contributed by atoms with Gasteiger partial charge in [0.25, 0.3) is 0 Å². The molecule has 5 rings (SSSR count). The fraction of sp³-hybridized carbons (Fsp3) is 0.370. The molecular formula is C54H61BrO10. The first kappa shape index (κ1) is 50.1. The first-order chi connectivity index (χ1) is 31.7. The third kappa shape index (κ3) is 17.9. The third-order valence-corrected chi connectivity index (χ3v) is 11.3. The van der Waals surface area contributed by atoms with Crippen LogP contribution in [-0.2, 0) is 0 Å². The van der Waals surface area contributed by atoms with Crippen molar-refractivity contribution >= 4 is 39.8 Å². The van der Waals surface area contributed by atoms with Gasteiger partial charge in [-0.3, -0.25) is 0 Å². The Morgan fingerprint density at radius 3 is 1.02 bits per heavy atom. The molecule has 5 aromatic carbocycles. The summed E-state index contributed by atoms with van der Waals surface area (Å²) in [6.45, 7) is 5.72. The molecule has 0 unspecified atom stereocenters. The molecule has 0 bridgehead atoms. The van der Waals surface area contributed by atoms with Crippen molar-refractivity contribution in [3.63, 3.8) is 0 Å². The van der Waals surface area contributed by atoms with Gasteiger partial charge in [0.15, 0.2) is 0 Å². The van der Waals surface area contributed by atoms with Crippen LogP contribution < -0.4 is 28.4 Å². The van der Waals surface area contributed by atoms with Gasteiger partial charge in [-0.25, -0.2) is 19.2 Å². The normalized spacial score (nSPS) is 10.8. The second kappa shape index (κ2) is 28.1. The minimum absolute atomic E-state index is 0.117. The minimum Gasteiger partial charge on any atom is -0.494 e. The van der Waals surface area contributed by atoms with E-state index < -0.39 is 23.9 Å². The highest BCUT2D eigenvalue weighted by Gasteiger charge is 2.17. The number of carbonyl (C=O) groups is 4. The maximum absolute atomic E-state index is 13.1. The van der Waals surface area contributed by atoms with Crippen LogP contribution in [0.3, 0.4) is 0 Å². The third-order valence-electron chi connectivity index (χ3n) is 10.6. The lowest BCUT2D eigenvalue weighted by molar-refractivity contribution is 0.0722. The number of hydrogen-bond donors (Lipinski definition) is 0. The number of hydrogen-bond acceptors (Lipinski definition) is 10. The molecule has 0 aliphatic rings. The highest BCUT2D eigenvalue weighted by atomic mass is 79.9. The first-order valence-electron chi connectivity index (χ1n) is 23.1. The molecule has 0 amide bonds. The second-order valence-corrected chi connectivity index (χ2v) is 16.7. The summed E-state index contributed by atoms with van der Waals surface area (Å²) >= 11 is 3.38. The number of unbranched alkanes of at least 4 members (excludes halogenated alkanes) is 14. The van der Waals surface area contributed by atoms with Crippen LogP contribution in [0.2, 0.25) is 0 Å². The fourth-order valence-electron chi connectivity index (χ4n) is 6.83. The average molecular weight is 950 g/mol. The second-order valence-electron chi connectivity index (χ2n) is 15.9. The van der Waals surface area contributed by atoms with E-state index in [-0.39, 0.29) is 34.1 Å². The van der Waals surface area contributed by atoms with Gasteiger partial charge in [0, 0.05) is 6.07 Å². The van der Waals surface area contributed by atoms with Gasteiger partial charge >= 0.3 is 23.9 Å². The van der Waals surface area contributed by atoms with Gasteiger partial charge in [-0.15, -0.1) is 0 Å². The van der Waals surface area contributed by atoms with Crippen LogP contribution in [0.1, 0.15) is 158 Å². The molecular weight excluding hydrogens is 888 g/mol. The van der Waals surface area contributed by atoms with Crippen molar-refractivity contribution in [3.05, 3.63) is 142 Å². The zero-order valence-corrected chi connectivity index (χ0v) is 39.2. The van der Waals surface area contributed by atoms with Crippen molar-refractivity contribution in [1.29, 1.82) is 0 Å². The van der Waals surface area contributed by atoms with Crippen molar-refractivity contribution in [3.8, 4) is 34.5 Å². The Morgan fingerprint density at radius 1 is 0.354 bits per heavy atom. The number of benzene rings is 5. The lowest BCUT2D eigenvalue weighted by Gasteiger charge is -2.10. The van der Waals surface area contributed by atoms with Gasteiger partial charge in [0.2, 0.25) is 0 Å². The van der Waals surface area contributed by atoms with E-state index in [4.69, 9.17) is 28.4 Å². The van der Waals surface area contributed by atoms with E-state index in [1.807, 2.05) is 0 Å². The highest BCUT2D eigenvalue weighted by Crippen LogP contribution is 2.31. The van der Waals surface area contributed by atoms with Crippen LogP contribution in [0.15, 0.2) is 120 Å². The van der Waals surface area contributed by atoms with E-state index in [1.165, 1.54) is 132 Å². The number of ether oxygens (including phenoxy) is 6. The van der Waals surface area contributed by atoms with Crippen molar-refractivity contribution in [2.75, 3.05) is 13.2 Å². The fourth-order valence-corrected chi connectivity index (χ4v) is 7.15. The standard InChI is InChI=1S/C54H61BrO10/c1-3-5-7-9-11-13-15-17-37-60-44-27-19-40(20-28-44)51(56)62-46-31-23-42(24-32-46)53(58)64-48-35-36-49(55)50(39-48)65-54(59)43-25-33-47(34-26-43)63-52(57)41-21-29-45(30-22-41)61-38-18-16-14-12-10-8-6-4-2/h19-36,39H,3-18,37-38H2,1-2H3. The SMILES string of the molecule is CCCCCCCCCCOc1ccc(C(=O)Oc2ccc(C(=O)Oc3ccc(Br)c(OC(=O)c4ccc(OC(=O)c5ccc(OCCCCCCCCCC)cc5)cc4)c3)cc2)cc1. The Bertz CT molecular complexity index is 2220. The van der Waals surface area contributed by atoms with E-state index in [1.54, 1.807) is 60.7 Å². The van der Waals surface area contributed by atoms with Crippen LogP contribution in [0, 0.1) is 0 Å². The van der Waals surface area contributed by atoms with E-state index in [0.717, 1.165) is 25.7 Å². The van der Waals surface area contributed by atoms with E-state index >= 15 is 0 Å². The summed E-state index contributed by atoms with van der Waals surface area (Å²) in [4.78, 5) is 51.7. The molecule has 0 aliphatic carbocycles. The Balaban J connectivity index is 1.02. The first-order valence-corrected chi connectivity index (χ1v) is 23.9. The molecule has 5 aromatic rings. The van der Waals surface area contributed by atoms with Gasteiger partial charge < -0.3 is 28.4 Å². The van der Waals surface area contributed by atoms with Crippen LogP contribution in [0.25, 0.3) is 0 Å². The maximum Gasteiger partial charge on any atom is 0.343 e. The largest absolute Gasteiger partial charge is 0.494 e. The summed E-state index contributed by atoms with van der Waals surface area (Å²) in [5.41, 5.74) is 1.14. The molecule has 11 heteroatoms. The quantitative estimate of drug-likeness (QED) is 0.0272. The predicted molar refractivity (Wildman–Crippen MR) is 256 cm³/mol.